The van der Waals surface area contributed by atoms with Gasteiger partial charge >= 0.3 is 6.03 Å². The summed E-state index contributed by atoms with van der Waals surface area (Å²) in [6, 6.07) is 16.7. The van der Waals surface area contributed by atoms with E-state index in [-0.39, 0.29) is 18.0 Å². The fourth-order valence-electron chi connectivity index (χ4n) is 4.26. The van der Waals surface area contributed by atoms with Gasteiger partial charge in [-0.25, -0.2) is 4.79 Å². The first kappa shape index (κ1) is 18.5. The molecule has 2 aromatic carbocycles. The van der Waals surface area contributed by atoms with Crippen LogP contribution >= 0.6 is 0 Å². The van der Waals surface area contributed by atoms with Crippen LogP contribution in [0, 0.1) is 0 Å². The SMILES string of the molecule is O=C(NC1CCCCC1)N[C@@H](C(=O)N1CCc2ccccc21)c1ccccc1. The number of hydrogen-bond acceptors (Lipinski definition) is 2. The van der Waals surface area contributed by atoms with Crippen LogP contribution in [0.5, 0.6) is 0 Å². The summed E-state index contributed by atoms with van der Waals surface area (Å²) in [6.07, 6.45) is 6.40. The largest absolute Gasteiger partial charge is 0.335 e. The van der Waals surface area contributed by atoms with Crippen molar-refractivity contribution in [2.45, 2.75) is 50.6 Å². The van der Waals surface area contributed by atoms with Gasteiger partial charge < -0.3 is 15.5 Å². The molecule has 1 aliphatic heterocycles. The summed E-state index contributed by atoms with van der Waals surface area (Å²) in [5.41, 5.74) is 2.92. The molecule has 1 heterocycles. The van der Waals surface area contributed by atoms with Crippen molar-refractivity contribution in [3.05, 3.63) is 65.7 Å². The number of urea groups is 1. The molecule has 1 atom stereocenters. The molecular formula is C23H27N3O2. The summed E-state index contributed by atoms with van der Waals surface area (Å²) in [5.74, 6) is -0.0880. The second kappa shape index (κ2) is 8.46. The minimum Gasteiger partial charge on any atom is -0.335 e. The molecule has 0 unspecified atom stereocenters. The van der Waals surface area contributed by atoms with E-state index < -0.39 is 6.04 Å². The van der Waals surface area contributed by atoms with Crippen molar-refractivity contribution in [3.63, 3.8) is 0 Å². The third-order valence-corrected chi connectivity index (χ3v) is 5.75. The van der Waals surface area contributed by atoms with Gasteiger partial charge in [0, 0.05) is 18.3 Å². The molecule has 28 heavy (non-hydrogen) atoms. The molecule has 0 saturated heterocycles. The topological polar surface area (TPSA) is 61.4 Å². The van der Waals surface area contributed by atoms with E-state index in [9.17, 15) is 9.59 Å². The third-order valence-electron chi connectivity index (χ3n) is 5.75. The number of nitrogens with zero attached hydrogens (tertiary/aromatic N) is 1. The van der Waals surface area contributed by atoms with Crippen molar-refractivity contribution in [2.24, 2.45) is 0 Å². The summed E-state index contributed by atoms with van der Waals surface area (Å²) in [6.45, 7) is 0.646. The number of fused-ring (bicyclic) bond motifs is 1. The van der Waals surface area contributed by atoms with E-state index in [4.69, 9.17) is 0 Å². The zero-order valence-electron chi connectivity index (χ0n) is 16.1. The molecular weight excluding hydrogens is 350 g/mol. The lowest BCUT2D eigenvalue weighted by atomic mass is 9.96. The first-order chi connectivity index (χ1) is 13.7. The van der Waals surface area contributed by atoms with Crippen molar-refractivity contribution >= 4 is 17.6 Å². The van der Waals surface area contributed by atoms with Crippen LogP contribution in [0.1, 0.15) is 49.3 Å². The number of nitrogens with one attached hydrogen (secondary N) is 2. The molecule has 4 rings (SSSR count). The highest BCUT2D eigenvalue weighted by Crippen LogP contribution is 2.30. The Morgan fingerprint density at radius 1 is 0.929 bits per heavy atom. The van der Waals surface area contributed by atoms with Crippen LogP contribution in [0.3, 0.4) is 0 Å². The lowest BCUT2D eigenvalue weighted by Gasteiger charge is -2.27. The third kappa shape index (κ3) is 4.03. The summed E-state index contributed by atoms with van der Waals surface area (Å²) >= 11 is 0. The van der Waals surface area contributed by atoms with Gasteiger partial charge in [-0.1, -0.05) is 67.8 Å². The molecule has 2 aliphatic rings. The number of hydrogen-bond donors (Lipinski definition) is 2. The van der Waals surface area contributed by atoms with Crippen molar-refractivity contribution in [2.75, 3.05) is 11.4 Å². The lowest BCUT2D eigenvalue weighted by molar-refractivity contribution is -0.120. The fourth-order valence-corrected chi connectivity index (χ4v) is 4.26. The van der Waals surface area contributed by atoms with Crippen LogP contribution in [0.25, 0.3) is 0 Å². The van der Waals surface area contributed by atoms with Gasteiger partial charge in [0.25, 0.3) is 5.91 Å². The average Bonchev–Trinajstić information content (AvgIpc) is 3.17. The Bertz CT molecular complexity index is 831. The number of carbonyl (C=O) groups is 2. The number of benzene rings is 2. The smallest absolute Gasteiger partial charge is 0.315 e. The maximum atomic E-state index is 13.4. The van der Waals surface area contributed by atoms with Crippen molar-refractivity contribution in [1.29, 1.82) is 0 Å². The van der Waals surface area contributed by atoms with Gasteiger partial charge in [0.05, 0.1) is 0 Å². The monoisotopic (exact) mass is 377 g/mol. The molecule has 0 radical (unpaired) electrons. The van der Waals surface area contributed by atoms with E-state index in [1.807, 2.05) is 48.5 Å². The van der Waals surface area contributed by atoms with E-state index in [0.717, 1.165) is 43.4 Å². The molecule has 0 aromatic heterocycles. The Morgan fingerprint density at radius 3 is 2.43 bits per heavy atom. The summed E-state index contributed by atoms with van der Waals surface area (Å²) < 4.78 is 0. The Hall–Kier alpha value is -2.82. The molecule has 1 aliphatic carbocycles. The van der Waals surface area contributed by atoms with Gasteiger partial charge in [-0.2, -0.15) is 0 Å². The summed E-state index contributed by atoms with van der Waals surface area (Å²) in [5, 5.41) is 6.01. The van der Waals surface area contributed by atoms with Crippen LogP contribution in [-0.2, 0) is 11.2 Å². The molecule has 5 heteroatoms. The van der Waals surface area contributed by atoms with Crippen molar-refractivity contribution in [3.8, 4) is 0 Å². The molecule has 3 amide bonds. The minimum atomic E-state index is -0.698. The molecule has 5 nitrogen and oxygen atoms in total. The van der Waals surface area contributed by atoms with Gasteiger partial charge in [0.2, 0.25) is 0 Å². The standard InChI is InChI=1S/C23H27N3O2/c27-22(26-16-15-17-9-7-8-14-20(17)26)21(18-10-3-1-4-11-18)25-23(28)24-19-12-5-2-6-13-19/h1,3-4,7-11,14,19,21H,2,5-6,12-13,15-16H2,(H2,24,25,28)/t21-/m1/s1. The Labute approximate surface area is 166 Å². The van der Waals surface area contributed by atoms with E-state index in [2.05, 4.69) is 16.7 Å². The number of anilines is 1. The fraction of sp³-hybridized carbons (Fsp3) is 0.391. The van der Waals surface area contributed by atoms with Crippen molar-refractivity contribution in [1.82, 2.24) is 10.6 Å². The van der Waals surface area contributed by atoms with E-state index in [1.54, 1.807) is 4.90 Å². The quantitative estimate of drug-likeness (QED) is 0.847. The number of amides is 3. The number of carbonyl (C=O) groups excluding carboxylic acids is 2. The van der Waals surface area contributed by atoms with Gasteiger partial charge in [0.15, 0.2) is 0 Å². The Kier molecular flexibility index (Phi) is 5.60. The zero-order valence-corrected chi connectivity index (χ0v) is 16.1. The van der Waals surface area contributed by atoms with Gasteiger partial charge in [-0.15, -0.1) is 0 Å². The highest BCUT2D eigenvalue weighted by Gasteiger charge is 2.32. The van der Waals surface area contributed by atoms with E-state index in [1.165, 1.54) is 12.0 Å². The maximum Gasteiger partial charge on any atom is 0.315 e. The minimum absolute atomic E-state index is 0.0880. The number of para-hydroxylation sites is 1. The highest BCUT2D eigenvalue weighted by molar-refractivity contribution is 6.01. The summed E-state index contributed by atoms with van der Waals surface area (Å²) in [4.78, 5) is 27.9. The van der Waals surface area contributed by atoms with Crippen LogP contribution in [0.2, 0.25) is 0 Å². The summed E-state index contributed by atoms with van der Waals surface area (Å²) in [7, 11) is 0. The predicted octanol–water partition coefficient (Wildman–Crippen LogP) is 3.95. The number of rotatable bonds is 4. The molecule has 1 saturated carbocycles. The first-order valence-electron chi connectivity index (χ1n) is 10.2. The van der Waals surface area contributed by atoms with Gasteiger partial charge in [-0.3, -0.25) is 4.79 Å². The second-order valence-corrected chi connectivity index (χ2v) is 7.67. The van der Waals surface area contributed by atoms with Crippen LogP contribution in [0.15, 0.2) is 54.6 Å². The Morgan fingerprint density at radius 2 is 1.64 bits per heavy atom. The molecule has 2 aromatic rings. The normalized spacial score (nSPS) is 17.6. The first-order valence-corrected chi connectivity index (χ1v) is 10.2. The average molecular weight is 377 g/mol. The van der Waals surface area contributed by atoms with Crippen LogP contribution < -0.4 is 15.5 Å². The maximum absolute atomic E-state index is 13.4. The van der Waals surface area contributed by atoms with Gasteiger partial charge in [0.1, 0.15) is 6.04 Å². The molecule has 0 spiro atoms. The molecule has 146 valence electrons. The second-order valence-electron chi connectivity index (χ2n) is 7.67. The highest BCUT2D eigenvalue weighted by atomic mass is 16.2. The van der Waals surface area contributed by atoms with E-state index in [0.29, 0.717) is 6.54 Å². The van der Waals surface area contributed by atoms with E-state index >= 15 is 0 Å². The molecule has 0 bridgehead atoms. The Balaban J connectivity index is 1.52. The van der Waals surface area contributed by atoms with Crippen molar-refractivity contribution < 1.29 is 9.59 Å². The predicted molar refractivity (Wildman–Crippen MR) is 110 cm³/mol. The van der Waals surface area contributed by atoms with Crippen LogP contribution in [0.4, 0.5) is 10.5 Å². The molecule has 1 fully saturated rings. The molecule has 2 N–H and O–H groups in total. The van der Waals surface area contributed by atoms with Gasteiger partial charge in [-0.05, 0) is 36.5 Å². The lowest BCUT2D eigenvalue weighted by Crippen LogP contribution is -2.48. The zero-order chi connectivity index (χ0) is 19.3. The van der Waals surface area contributed by atoms with Crippen LogP contribution in [-0.4, -0.2) is 24.5 Å².